The van der Waals surface area contributed by atoms with Gasteiger partial charge in [-0.25, -0.2) is 0 Å². The third-order valence-electron chi connectivity index (χ3n) is 2.42. The third kappa shape index (κ3) is 0.754. The van der Waals surface area contributed by atoms with Crippen molar-refractivity contribution in [2.75, 3.05) is 0 Å². The van der Waals surface area contributed by atoms with Gasteiger partial charge >= 0.3 is 0 Å². The lowest BCUT2D eigenvalue weighted by Crippen LogP contribution is -2.40. The van der Waals surface area contributed by atoms with Crippen molar-refractivity contribution in [2.45, 2.75) is 19.9 Å². The fraction of sp³-hybridized carbons (Fsp3) is 0.444. The number of nitrogens with zero attached hydrogens (tertiary/aromatic N) is 1. The van der Waals surface area contributed by atoms with Crippen LogP contribution in [-0.2, 0) is 4.79 Å². The highest BCUT2D eigenvalue weighted by Crippen LogP contribution is 2.36. The first kappa shape index (κ1) is 6.65. The second-order valence-corrected chi connectivity index (χ2v) is 3.20. The molecule has 0 N–H and O–H groups in total. The van der Waals surface area contributed by atoms with E-state index in [0.717, 1.165) is 0 Å². The van der Waals surface area contributed by atoms with E-state index in [2.05, 4.69) is 19.1 Å². The Balaban J connectivity index is 2.23. The number of fused-ring (bicyclic) bond motifs is 1. The summed E-state index contributed by atoms with van der Waals surface area (Å²) in [6, 6.07) is 0.354. The van der Waals surface area contributed by atoms with E-state index >= 15 is 0 Å². The molecular formula is C9H11NO. The molecule has 0 aromatic heterocycles. The number of carbonyl (C=O) groups is 1. The third-order valence-corrected chi connectivity index (χ3v) is 2.42. The largest absolute Gasteiger partial charge is 0.312 e. The average molecular weight is 149 g/mol. The molecule has 1 aliphatic carbocycles. The highest BCUT2D eigenvalue weighted by molar-refractivity contribution is 5.76. The van der Waals surface area contributed by atoms with E-state index in [0.29, 0.717) is 12.0 Å². The fourth-order valence-electron chi connectivity index (χ4n) is 1.83. The molecule has 58 valence electrons. The predicted molar refractivity (Wildman–Crippen MR) is 42.7 cm³/mol. The van der Waals surface area contributed by atoms with Crippen LogP contribution in [-0.4, -0.2) is 16.8 Å². The van der Waals surface area contributed by atoms with Gasteiger partial charge in [-0.3, -0.25) is 4.79 Å². The van der Waals surface area contributed by atoms with Gasteiger partial charge in [0.25, 0.3) is 0 Å². The molecule has 1 amide bonds. The van der Waals surface area contributed by atoms with Gasteiger partial charge in [0.15, 0.2) is 0 Å². The molecule has 2 unspecified atom stereocenters. The maximum absolute atomic E-state index is 11.0. The molecule has 1 aliphatic heterocycles. The summed E-state index contributed by atoms with van der Waals surface area (Å²) in [5.41, 5.74) is 1.32. The van der Waals surface area contributed by atoms with Gasteiger partial charge in [0.05, 0.1) is 6.04 Å². The van der Waals surface area contributed by atoms with E-state index in [4.69, 9.17) is 0 Å². The first-order chi connectivity index (χ1) is 5.20. The lowest BCUT2D eigenvalue weighted by atomic mass is 9.83. The lowest BCUT2D eigenvalue weighted by Gasteiger charge is -2.34. The second-order valence-electron chi connectivity index (χ2n) is 3.20. The van der Waals surface area contributed by atoms with Crippen molar-refractivity contribution in [3.05, 3.63) is 23.9 Å². The molecule has 0 radical (unpaired) electrons. The van der Waals surface area contributed by atoms with E-state index in [1.807, 2.05) is 6.20 Å². The first-order valence-corrected chi connectivity index (χ1v) is 3.85. The highest BCUT2D eigenvalue weighted by atomic mass is 16.2. The van der Waals surface area contributed by atoms with Crippen LogP contribution in [0, 0.1) is 5.92 Å². The molecule has 0 bridgehead atoms. The molecule has 2 nitrogen and oxygen atoms in total. The fourth-order valence-corrected chi connectivity index (χ4v) is 1.83. The molecule has 0 spiro atoms. The summed E-state index contributed by atoms with van der Waals surface area (Å²) in [5, 5.41) is 0. The van der Waals surface area contributed by atoms with Gasteiger partial charge < -0.3 is 4.90 Å². The first-order valence-electron chi connectivity index (χ1n) is 3.85. The van der Waals surface area contributed by atoms with Crippen LogP contribution < -0.4 is 0 Å². The van der Waals surface area contributed by atoms with Gasteiger partial charge in [-0.2, -0.15) is 0 Å². The molecule has 2 rings (SSSR count). The summed E-state index contributed by atoms with van der Waals surface area (Å²) in [6.45, 7) is 3.68. The molecule has 0 saturated heterocycles. The minimum absolute atomic E-state index is 0.140. The molecule has 2 atom stereocenters. The lowest BCUT2D eigenvalue weighted by molar-refractivity contribution is -0.127. The van der Waals surface area contributed by atoms with Crippen LogP contribution >= 0.6 is 0 Å². The SMILES string of the molecule is CC(=O)N1C=CC2C=C(C)C21. The Labute approximate surface area is 66.2 Å². The average Bonchev–Trinajstić information content (AvgIpc) is 2.25. The number of hydrogen-bond donors (Lipinski definition) is 0. The van der Waals surface area contributed by atoms with Crippen molar-refractivity contribution < 1.29 is 4.79 Å². The standard InChI is InChI=1S/C9H11NO/c1-6-5-8-3-4-10(7(2)11)9(6)8/h3-5,8-9H,1-2H3. The van der Waals surface area contributed by atoms with Gasteiger partial charge in [0.2, 0.25) is 5.91 Å². The quantitative estimate of drug-likeness (QED) is 0.475. The molecule has 0 aromatic carbocycles. The molecule has 1 heterocycles. The predicted octanol–water partition coefficient (Wildman–Crippen LogP) is 1.31. The van der Waals surface area contributed by atoms with E-state index in [-0.39, 0.29) is 5.91 Å². The Morgan fingerprint density at radius 3 is 2.82 bits per heavy atom. The van der Waals surface area contributed by atoms with Crippen LogP contribution in [0.15, 0.2) is 23.9 Å². The van der Waals surface area contributed by atoms with Gasteiger partial charge in [0.1, 0.15) is 0 Å². The van der Waals surface area contributed by atoms with Gasteiger partial charge in [-0.15, -0.1) is 0 Å². The Bertz CT molecular complexity index is 265. The number of hydrogen-bond acceptors (Lipinski definition) is 1. The van der Waals surface area contributed by atoms with Crippen LogP contribution in [0.1, 0.15) is 13.8 Å². The number of rotatable bonds is 0. The summed E-state index contributed by atoms with van der Waals surface area (Å²) in [4.78, 5) is 12.8. The Morgan fingerprint density at radius 1 is 1.64 bits per heavy atom. The molecule has 0 saturated carbocycles. The van der Waals surface area contributed by atoms with Crippen LogP contribution in [0.25, 0.3) is 0 Å². The van der Waals surface area contributed by atoms with Gasteiger partial charge in [0, 0.05) is 19.0 Å². The highest BCUT2D eigenvalue weighted by Gasteiger charge is 2.37. The van der Waals surface area contributed by atoms with Crippen molar-refractivity contribution in [1.82, 2.24) is 4.90 Å². The van der Waals surface area contributed by atoms with Crippen molar-refractivity contribution in [2.24, 2.45) is 5.92 Å². The van der Waals surface area contributed by atoms with Gasteiger partial charge in [-0.1, -0.05) is 17.7 Å². The minimum atomic E-state index is 0.140. The van der Waals surface area contributed by atoms with E-state index < -0.39 is 0 Å². The summed E-state index contributed by atoms with van der Waals surface area (Å²) >= 11 is 0. The summed E-state index contributed by atoms with van der Waals surface area (Å²) < 4.78 is 0. The topological polar surface area (TPSA) is 20.3 Å². The van der Waals surface area contributed by atoms with E-state index in [1.54, 1.807) is 11.8 Å². The molecule has 11 heavy (non-hydrogen) atoms. The summed E-state index contributed by atoms with van der Waals surface area (Å²) in [6.07, 6.45) is 6.17. The molecule has 0 aromatic rings. The molecule has 0 fully saturated rings. The van der Waals surface area contributed by atoms with Crippen LogP contribution in [0.3, 0.4) is 0 Å². The number of amides is 1. The maximum atomic E-state index is 11.0. The Morgan fingerprint density at radius 2 is 2.36 bits per heavy atom. The number of carbonyl (C=O) groups excluding carboxylic acids is 1. The normalized spacial score (nSPS) is 32.9. The van der Waals surface area contributed by atoms with Crippen molar-refractivity contribution in [1.29, 1.82) is 0 Å². The van der Waals surface area contributed by atoms with Gasteiger partial charge in [-0.05, 0) is 6.92 Å². The summed E-state index contributed by atoms with van der Waals surface area (Å²) in [5.74, 6) is 0.639. The van der Waals surface area contributed by atoms with E-state index in [9.17, 15) is 4.79 Å². The maximum Gasteiger partial charge on any atom is 0.223 e. The zero-order valence-electron chi connectivity index (χ0n) is 6.74. The van der Waals surface area contributed by atoms with E-state index in [1.165, 1.54) is 5.57 Å². The summed E-state index contributed by atoms with van der Waals surface area (Å²) in [7, 11) is 0. The molecule has 2 aliphatic rings. The Hall–Kier alpha value is -1.05. The second kappa shape index (κ2) is 1.97. The van der Waals surface area contributed by atoms with Crippen LogP contribution in [0.4, 0.5) is 0 Å². The molecular weight excluding hydrogens is 138 g/mol. The minimum Gasteiger partial charge on any atom is -0.312 e. The monoisotopic (exact) mass is 149 g/mol. The smallest absolute Gasteiger partial charge is 0.223 e. The Kier molecular flexibility index (Phi) is 1.19. The van der Waals surface area contributed by atoms with Crippen molar-refractivity contribution in [3.8, 4) is 0 Å². The zero-order valence-corrected chi connectivity index (χ0v) is 6.74. The van der Waals surface area contributed by atoms with Crippen molar-refractivity contribution >= 4 is 5.91 Å². The van der Waals surface area contributed by atoms with Crippen LogP contribution in [0.5, 0.6) is 0 Å². The van der Waals surface area contributed by atoms with Crippen molar-refractivity contribution in [3.63, 3.8) is 0 Å². The molecule has 2 heteroatoms. The van der Waals surface area contributed by atoms with Crippen LogP contribution in [0.2, 0.25) is 0 Å². The zero-order chi connectivity index (χ0) is 8.01.